The minimum Gasteiger partial charge on any atom is -0.469 e. The topological polar surface area (TPSA) is 66.0 Å². The Morgan fingerprint density at radius 2 is 1.53 bits per heavy atom. The summed E-state index contributed by atoms with van der Waals surface area (Å²) in [6, 6.07) is 0. The third-order valence-corrected chi connectivity index (χ3v) is 1.95. The van der Waals surface area contributed by atoms with Gasteiger partial charge in [0.25, 0.3) is 0 Å². The van der Waals surface area contributed by atoms with Crippen LogP contribution in [0.2, 0.25) is 0 Å². The molecule has 0 bridgehead atoms. The van der Waals surface area contributed by atoms with Gasteiger partial charge in [-0.15, -0.1) is 0 Å². The van der Waals surface area contributed by atoms with Gasteiger partial charge in [-0.05, 0) is 11.8 Å². The first kappa shape index (κ1) is 16.6. The van der Waals surface area contributed by atoms with Crippen LogP contribution in [-0.4, -0.2) is 59.3 Å². The highest BCUT2D eigenvalue weighted by Crippen LogP contribution is 1.87. The fourth-order valence-corrected chi connectivity index (χ4v) is 0.987. The van der Waals surface area contributed by atoms with E-state index >= 15 is 0 Å². The van der Waals surface area contributed by atoms with Gasteiger partial charge in [0.05, 0.1) is 53.2 Å². The van der Waals surface area contributed by atoms with Gasteiger partial charge in [-0.25, -0.2) is 4.84 Å². The van der Waals surface area contributed by atoms with Crippen LogP contribution in [-0.2, 0) is 23.7 Å². The van der Waals surface area contributed by atoms with Gasteiger partial charge in [-0.3, -0.25) is 4.79 Å². The molecule has 0 fully saturated rings. The highest BCUT2D eigenvalue weighted by molar-refractivity contribution is 6.13. The monoisotopic (exact) mass is 269 g/mol. The number of halogens is 1. The minimum atomic E-state index is -0.271. The first-order chi connectivity index (χ1) is 8.31. The summed E-state index contributed by atoms with van der Waals surface area (Å²) in [5, 5.41) is 0. The molecule has 0 rings (SSSR count). The van der Waals surface area contributed by atoms with Crippen molar-refractivity contribution < 1.29 is 23.7 Å². The summed E-state index contributed by atoms with van der Waals surface area (Å²) in [5.74, 6) is -0.271. The van der Waals surface area contributed by atoms with E-state index in [0.717, 1.165) is 0 Å². The number of methoxy groups -OCH3 is 1. The van der Waals surface area contributed by atoms with Crippen LogP contribution in [0.25, 0.3) is 0 Å². The molecule has 0 saturated heterocycles. The van der Waals surface area contributed by atoms with E-state index in [1.54, 1.807) is 0 Å². The van der Waals surface area contributed by atoms with Crippen LogP contribution < -0.4 is 4.84 Å². The first-order valence-corrected chi connectivity index (χ1v) is 5.82. The number of carbonyl (C=O) groups excluding carboxylic acids is 1. The molecule has 0 saturated carbocycles. The Bertz CT molecular complexity index is 182. The molecule has 0 aromatic rings. The molecule has 0 aliphatic rings. The van der Waals surface area contributed by atoms with Gasteiger partial charge in [0.1, 0.15) is 0 Å². The predicted octanol–water partition coefficient (Wildman–Crippen LogP) is 0.343. The summed E-state index contributed by atoms with van der Waals surface area (Å²) < 4.78 is 20.0. The molecule has 17 heavy (non-hydrogen) atoms. The Labute approximate surface area is 107 Å². The van der Waals surface area contributed by atoms with Crippen molar-refractivity contribution in [1.29, 1.82) is 0 Å². The molecular formula is C10H20ClNO5. The quantitative estimate of drug-likeness (QED) is 0.313. The highest BCUT2D eigenvalue weighted by atomic mass is 35.5. The number of ether oxygens (including phenoxy) is 4. The van der Waals surface area contributed by atoms with E-state index in [2.05, 4.69) is 9.57 Å². The van der Waals surface area contributed by atoms with Gasteiger partial charge in [0.2, 0.25) is 0 Å². The third-order valence-electron chi connectivity index (χ3n) is 1.76. The van der Waals surface area contributed by atoms with E-state index in [9.17, 15) is 4.79 Å². The van der Waals surface area contributed by atoms with E-state index in [1.807, 2.05) is 0 Å². The Kier molecular flexibility index (Phi) is 13.3. The molecule has 0 unspecified atom stereocenters. The molecule has 0 aromatic carbocycles. The van der Waals surface area contributed by atoms with Crippen LogP contribution in [0.4, 0.5) is 0 Å². The van der Waals surface area contributed by atoms with Crippen LogP contribution >= 0.6 is 11.8 Å². The summed E-state index contributed by atoms with van der Waals surface area (Å²) in [6.07, 6.45) is 0.269. The van der Waals surface area contributed by atoms with Crippen LogP contribution in [0.5, 0.6) is 0 Å². The molecule has 1 N–H and O–H groups in total. The molecular weight excluding hydrogens is 250 g/mol. The largest absolute Gasteiger partial charge is 0.469 e. The van der Waals surface area contributed by atoms with Crippen molar-refractivity contribution in [3.63, 3.8) is 0 Å². The molecule has 0 atom stereocenters. The third kappa shape index (κ3) is 13.5. The Balaban J connectivity index is 2.96. The molecule has 0 aromatic heterocycles. The number of hydrogen-bond donors (Lipinski definition) is 1. The molecule has 0 spiro atoms. The van der Waals surface area contributed by atoms with Crippen LogP contribution in [0.15, 0.2) is 0 Å². The van der Waals surface area contributed by atoms with Crippen LogP contribution in [0.3, 0.4) is 0 Å². The molecule has 7 heteroatoms. The standard InChI is InChI=1S/C10H20ClNO5/c1-14-10(13)2-4-15-6-8-17-9-7-16-5-3-12-11/h12H,2-9H2,1H3. The van der Waals surface area contributed by atoms with Gasteiger partial charge >= 0.3 is 5.97 Å². The fraction of sp³-hybridized carbons (Fsp3) is 0.900. The normalized spacial score (nSPS) is 10.5. The molecule has 0 aliphatic heterocycles. The highest BCUT2D eigenvalue weighted by Gasteiger charge is 1.98. The second-order valence-corrected chi connectivity index (χ2v) is 3.31. The average molecular weight is 270 g/mol. The zero-order chi connectivity index (χ0) is 12.8. The number of rotatable bonds is 12. The number of carbonyl (C=O) groups is 1. The van der Waals surface area contributed by atoms with Gasteiger partial charge < -0.3 is 18.9 Å². The number of hydrogen-bond acceptors (Lipinski definition) is 6. The molecule has 0 amide bonds. The second-order valence-electron chi connectivity index (χ2n) is 3.05. The summed E-state index contributed by atoms with van der Waals surface area (Å²) in [4.78, 5) is 13.2. The second kappa shape index (κ2) is 13.7. The van der Waals surface area contributed by atoms with Crippen molar-refractivity contribution in [2.24, 2.45) is 0 Å². The summed E-state index contributed by atoms with van der Waals surface area (Å²) in [6.45, 7) is 3.51. The van der Waals surface area contributed by atoms with Crippen molar-refractivity contribution in [3.05, 3.63) is 0 Å². The van der Waals surface area contributed by atoms with Crippen molar-refractivity contribution in [2.75, 3.05) is 53.3 Å². The van der Waals surface area contributed by atoms with Crippen LogP contribution in [0.1, 0.15) is 6.42 Å². The zero-order valence-corrected chi connectivity index (χ0v) is 10.8. The lowest BCUT2D eigenvalue weighted by Crippen LogP contribution is -2.14. The maximum Gasteiger partial charge on any atom is 0.307 e. The van der Waals surface area contributed by atoms with Crippen molar-refractivity contribution in [3.8, 4) is 0 Å². The zero-order valence-electron chi connectivity index (χ0n) is 10.1. The predicted molar refractivity (Wildman–Crippen MR) is 62.9 cm³/mol. The fourth-order valence-electron chi connectivity index (χ4n) is 0.910. The van der Waals surface area contributed by atoms with Gasteiger partial charge in [0, 0.05) is 6.54 Å². The molecule has 0 aliphatic carbocycles. The lowest BCUT2D eigenvalue weighted by atomic mass is 10.5. The Morgan fingerprint density at radius 1 is 1.00 bits per heavy atom. The first-order valence-electron chi connectivity index (χ1n) is 5.44. The van der Waals surface area contributed by atoms with E-state index in [4.69, 9.17) is 26.0 Å². The molecule has 102 valence electrons. The van der Waals surface area contributed by atoms with E-state index in [-0.39, 0.29) is 12.4 Å². The van der Waals surface area contributed by atoms with Gasteiger partial charge in [-0.1, -0.05) is 0 Å². The van der Waals surface area contributed by atoms with Crippen molar-refractivity contribution >= 4 is 17.7 Å². The summed E-state index contributed by atoms with van der Waals surface area (Å²) >= 11 is 5.23. The maximum atomic E-state index is 10.7. The lowest BCUT2D eigenvalue weighted by molar-refractivity contribution is -0.141. The van der Waals surface area contributed by atoms with Crippen molar-refractivity contribution in [2.45, 2.75) is 6.42 Å². The Morgan fingerprint density at radius 3 is 2.06 bits per heavy atom. The summed E-state index contributed by atoms with van der Waals surface area (Å²) in [7, 11) is 1.35. The SMILES string of the molecule is COC(=O)CCOCCOCCOCCNCl. The lowest BCUT2D eigenvalue weighted by Gasteiger charge is -2.06. The number of esters is 1. The molecule has 0 radical (unpaired) electrons. The van der Waals surface area contributed by atoms with Gasteiger partial charge in [-0.2, -0.15) is 0 Å². The molecule has 6 nitrogen and oxygen atoms in total. The molecule has 0 heterocycles. The van der Waals surface area contributed by atoms with E-state index < -0.39 is 0 Å². The average Bonchev–Trinajstić information content (AvgIpc) is 2.35. The smallest absolute Gasteiger partial charge is 0.307 e. The summed E-state index contributed by atoms with van der Waals surface area (Å²) in [5.41, 5.74) is 0. The van der Waals surface area contributed by atoms with Gasteiger partial charge in [0.15, 0.2) is 0 Å². The van der Waals surface area contributed by atoms with Crippen molar-refractivity contribution in [1.82, 2.24) is 4.84 Å². The van der Waals surface area contributed by atoms with E-state index in [1.165, 1.54) is 7.11 Å². The number of nitrogens with one attached hydrogen (secondary N) is 1. The Hall–Kier alpha value is -0.400. The minimum absolute atomic E-state index is 0.269. The maximum absolute atomic E-state index is 10.7. The van der Waals surface area contributed by atoms with Crippen LogP contribution in [0, 0.1) is 0 Å². The van der Waals surface area contributed by atoms with E-state index in [0.29, 0.717) is 46.2 Å².